The number of rotatable bonds is 9. The summed E-state index contributed by atoms with van der Waals surface area (Å²) in [6, 6.07) is 16.4. The van der Waals surface area contributed by atoms with Crippen molar-refractivity contribution in [2.24, 2.45) is 5.92 Å². The number of aliphatic carboxylic acids is 1. The Morgan fingerprint density at radius 2 is 1.92 bits per heavy atom. The number of carbonyl (C=O) groups excluding carboxylic acids is 2. The molecule has 2 saturated heterocycles. The van der Waals surface area contributed by atoms with E-state index in [0.29, 0.717) is 13.0 Å². The quantitative estimate of drug-likeness (QED) is 0.462. The van der Waals surface area contributed by atoms with Gasteiger partial charge in [-0.25, -0.2) is 4.79 Å². The van der Waals surface area contributed by atoms with E-state index in [2.05, 4.69) is 24.4 Å². The van der Waals surface area contributed by atoms with Gasteiger partial charge >= 0.3 is 5.97 Å². The molecule has 0 radical (unpaired) electrons. The molecule has 0 bridgehead atoms. The predicted molar refractivity (Wildman–Crippen MR) is 147 cm³/mol. The molecular weight excluding hydrogens is 500 g/mol. The van der Waals surface area contributed by atoms with E-state index in [1.54, 1.807) is 0 Å². The summed E-state index contributed by atoms with van der Waals surface area (Å²) in [6.07, 6.45) is 4.13. The van der Waals surface area contributed by atoms with Crippen molar-refractivity contribution in [2.75, 3.05) is 6.61 Å². The van der Waals surface area contributed by atoms with Gasteiger partial charge in [0, 0.05) is 4.75 Å². The Labute approximate surface area is 228 Å². The number of thioether (sulfide) groups is 1. The number of hydrogen-bond donors (Lipinski definition) is 2. The van der Waals surface area contributed by atoms with Crippen molar-refractivity contribution in [1.29, 1.82) is 0 Å². The first kappa shape index (κ1) is 26.6. The van der Waals surface area contributed by atoms with E-state index in [9.17, 15) is 19.5 Å². The standard InChI is InChI=1S/C30H36N2O5S/c1-4-16-37-22-14-8-12-21(18-22)30(15-9-13-20(30)17-19-10-6-5-7-11-19)28(36)31-23-25(33)32-24(27(34)35)29(2,3)38-26(23)32/h5-8,10-12,14,18,20,23-24,26H,4,9,13,15-17H2,1-3H3,(H,31,36)(H,34,35)/t20-,23-,24+,26-,30-/m1/s1. The number of β-lactam (4-membered cyclic amide) rings is 1. The number of carboxylic acid groups (broad SMARTS) is 1. The fraction of sp³-hybridized carbons (Fsp3) is 0.500. The third-order valence-electron chi connectivity index (χ3n) is 8.33. The molecule has 8 heteroatoms. The SMILES string of the molecule is CCCOc1cccc([C@@]2(C(=O)N[C@@H]3C(=O)N4[C@@H]3SC(C)(C)[C@@H]4C(=O)O)CCC[C@@H]2Cc2ccccc2)c1. The molecule has 3 fully saturated rings. The molecule has 0 spiro atoms. The molecule has 2 amide bonds. The minimum Gasteiger partial charge on any atom is -0.494 e. The van der Waals surface area contributed by atoms with Crippen LogP contribution >= 0.6 is 11.8 Å². The minimum absolute atomic E-state index is 0.0528. The molecule has 0 unspecified atom stereocenters. The lowest BCUT2D eigenvalue weighted by Gasteiger charge is -2.45. The predicted octanol–water partition coefficient (Wildman–Crippen LogP) is 4.39. The molecule has 1 aliphatic carbocycles. The fourth-order valence-electron chi connectivity index (χ4n) is 6.56. The van der Waals surface area contributed by atoms with Crippen LogP contribution in [0.3, 0.4) is 0 Å². The van der Waals surface area contributed by atoms with Crippen molar-refractivity contribution >= 4 is 29.5 Å². The molecule has 38 heavy (non-hydrogen) atoms. The van der Waals surface area contributed by atoms with Crippen molar-refractivity contribution < 1.29 is 24.2 Å². The maximum Gasteiger partial charge on any atom is 0.327 e. The number of carbonyl (C=O) groups is 3. The molecule has 7 nitrogen and oxygen atoms in total. The van der Waals surface area contributed by atoms with Gasteiger partial charge in [0.05, 0.1) is 12.0 Å². The lowest BCUT2D eigenvalue weighted by molar-refractivity contribution is -0.161. The summed E-state index contributed by atoms with van der Waals surface area (Å²) < 4.78 is 5.29. The van der Waals surface area contributed by atoms with Crippen LogP contribution in [0.5, 0.6) is 5.75 Å². The molecule has 0 aromatic heterocycles. The van der Waals surface area contributed by atoms with Crippen LogP contribution in [0, 0.1) is 5.92 Å². The first-order valence-electron chi connectivity index (χ1n) is 13.5. The van der Waals surface area contributed by atoms with E-state index in [1.807, 2.05) is 56.3 Å². The second kappa shape index (κ2) is 10.3. The van der Waals surface area contributed by atoms with Crippen molar-refractivity contribution in [2.45, 2.75) is 80.5 Å². The average Bonchev–Trinajstić information content (AvgIpc) is 3.43. The van der Waals surface area contributed by atoms with E-state index in [0.717, 1.165) is 37.0 Å². The highest BCUT2D eigenvalue weighted by molar-refractivity contribution is 8.01. The van der Waals surface area contributed by atoms with Gasteiger partial charge in [-0.3, -0.25) is 9.59 Å². The molecule has 5 atom stereocenters. The smallest absolute Gasteiger partial charge is 0.327 e. The Morgan fingerprint density at radius 1 is 1.16 bits per heavy atom. The highest BCUT2D eigenvalue weighted by atomic mass is 32.2. The summed E-state index contributed by atoms with van der Waals surface area (Å²) in [6.45, 7) is 6.35. The first-order valence-corrected chi connectivity index (χ1v) is 14.4. The summed E-state index contributed by atoms with van der Waals surface area (Å²) in [5, 5.41) is 12.5. The zero-order valence-electron chi connectivity index (χ0n) is 22.2. The Balaban J connectivity index is 1.47. The molecular formula is C30H36N2O5S. The second-order valence-corrected chi connectivity index (χ2v) is 12.9. The van der Waals surface area contributed by atoms with Crippen molar-refractivity contribution in [1.82, 2.24) is 10.2 Å². The highest BCUT2D eigenvalue weighted by Crippen LogP contribution is 2.52. The molecule has 2 aromatic rings. The number of nitrogens with one attached hydrogen (secondary N) is 1. The van der Waals surface area contributed by atoms with Crippen LogP contribution in [0.4, 0.5) is 0 Å². The first-order chi connectivity index (χ1) is 18.2. The zero-order valence-corrected chi connectivity index (χ0v) is 23.0. The normalized spacial score (nSPS) is 29.4. The molecule has 2 aromatic carbocycles. The molecule has 2 N–H and O–H groups in total. The van der Waals surface area contributed by atoms with E-state index in [-0.39, 0.29) is 23.1 Å². The second-order valence-electron chi connectivity index (χ2n) is 11.2. The third-order valence-corrected chi connectivity index (χ3v) is 9.91. The molecule has 202 valence electrons. The van der Waals surface area contributed by atoms with Gasteiger partial charge in [-0.15, -0.1) is 11.8 Å². The third kappa shape index (κ3) is 4.46. The van der Waals surface area contributed by atoms with Crippen LogP contribution in [0.2, 0.25) is 0 Å². The number of carboxylic acids is 1. The van der Waals surface area contributed by atoms with Crippen LogP contribution in [0.15, 0.2) is 54.6 Å². The van der Waals surface area contributed by atoms with E-state index in [1.165, 1.54) is 22.2 Å². The number of benzene rings is 2. The van der Waals surface area contributed by atoms with Crippen molar-refractivity contribution in [3.8, 4) is 5.75 Å². The number of amides is 2. The van der Waals surface area contributed by atoms with Gasteiger partial charge in [0.15, 0.2) is 0 Å². The van der Waals surface area contributed by atoms with Gasteiger partial charge in [0.25, 0.3) is 0 Å². The van der Waals surface area contributed by atoms with Crippen LogP contribution in [0.1, 0.15) is 57.6 Å². The maximum atomic E-state index is 14.4. The number of fused-ring (bicyclic) bond motifs is 1. The van der Waals surface area contributed by atoms with Gasteiger partial charge in [0.1, 0.15) is 23.2 Å². The molecule has 5 rings (SSSR count). The van der Waals surface area contributed by atoms with Crippen LogP contribution in [-0.2, 0) is 26.2 Å². The Morgan fingerprint density at radius 3 is 2.63 bits per heavy atom. The molecule has 1 saturated carbocycles. The van der Waals surface area contributed by atoms with Gasteiger partial charge in [0.2, 0.25) is 11.8 Å². The summed E-state index contributed by atoms with van der Waals surface area (Å²) in [7, 11) is 0. The summed E-state index contributed by atoms with van der Waals surface area (Å²) in [4.78, 5) is 40.9. The van der Waals surface area contributed by atoms with Gasteiger partial charge in [-0.2, -0.15) is 0 Å². The number of nitrogens with zero attached hydrogens (tertiary/aromatic N) is 1. The Hall–Kier alpha value is -3.00. The van der Waals surface area contributed by atoms with E-state index < -0.39 is 28.2 Å². The monoisotopic (exact) mass is 536 g/mol. The maximum absolute atomic E-state index is 14.4. The average molecular weight is 537 g/mol. The fourth-order valence-corrected chi connectivity index (χ4v) is 8.19. The summed E-state index contributed by atoms with van der Waals surface area (Å²) >= 11 is 1.45. The highest BCUT2D eigenvalue weighted by Gasteiger charge is 2.65. The lowest BCUT2D eigenvalue weighted by Crippen LogP contribution is -2.72. The van der Waals surface area contributed by atoms with Crippen LogP contribution < -0.4 is 10.1 Å². The summed E-state index contributed by atoms with van der Waals surface area (Å²) in [5.74, 6) is -0.690. The topological polar surface area (TPSA) is 95.9 Å². The van der Waals surface area contributed by atoms with Crippen LogP contribution in [-0.4, -0.2) is 56.6 Å². The minimum atomic E-state index is -1.01. The number of hydrogen-bond acceptors (Lipinski definition) is 5. The Kier molecular flexibility index (Phi) is 7.20. The van der Waals surface area contributed by atoms with E-state index >= 15 is 0 Å². The number of ether oxygens (including phenoxy) is 1. The van der Waals surface area contributed by atoms with Gasteiger partial charge < -0.3 is 20.1 Å². The van der Waals surface area contributed by atoms with E-state index in [4.69, 9.17) is 4.74 Å². The molecule has 2 aliphatic heterocycles. The largest absolute Gasteiger partial charge is 0.494 e. The summed E-state index contributed by atoms with van der Waals surface area (Å²) in [5.41, 5.74) is 1.28. The van der Waals surface area contributed by atoms with Gasteiger partial charge in [-0.05, 0) is 68.7 Å². The molecule has 3 aliphatic rings. The Bertz CT molecular complexity index is 1220. The van der Waals surface area contributed by atoms with Crippen molar-refractivity contribution in [3.63, 3.8) is 0 Å². The van der Waals surface area contributed by atoms with Crippen molar-refractivity contribution in [3.05, 3.63) is 65.7 Å². The lowest BCUT2D eigenvalue weighted by atomic mass is 9.69. The zero-order chi connectivity index (χ0) is 27.1. The van der Waals surface area contributed by atoms with Crippen LogP contribution in [0.25, 0.3) is 0 Å². The van der Waals surface area contributed by atoms with Gasteiger partial charge in [-0.1, -0.05) is 55.8 Å². The molecule has 2 heterocycles.